The van der Waals surface area contributed by atoms with Crippen molar-refractivity contribution in [1.29, 1.82) is 0 Å². The summed E-state index contributed by atoms with van der Waals surface area (Å²) in [5, 5.41) is 0. The Hall–Kier alpha value is -0.445. The van der Waals surface area contributed by atoms with Gasteiger partial charge in [-0.25, -0.2) is 0 Å². The van der Waals surface area contributed by atoms with E-state index < -0.39 is 11.8 Å². The molecule has 1 saturated carbocycles. The van der Waals surface area contributed by atoms with Gasteiger partial charge in [0.15, 0.2) is 0 Å². The molecule has 0 bridgehead atoms. The molecule has 0 unspecified atom stereocenters. The van der Waals surface area contributed by atoms with E-state index in [4.69, 9.17) is 0 Å². The maximum Gasteiger partial charge on any atom is 0.519 e. The highest BCUT2D eigenvalue weighted by Gasteiger charge is 2.29. The summed E-state index contributed by atoms with van der Waals surface area (Å²) in [6.45, 7) is -4.78. The standard InChI is InChI=1S/C8H9BF3S/c10-9(11,12)8-5-4-7(13-8)6-2-1-3-6/h4-6H,1-3H2/q-1. The highest BCUT2D eigenvalue weighted by molar-refractivity contribution is 7.24. The zero-order valence-electron chi connectivity index (χ0n) is 6.97. The Bertz CT molecular complexity index is 301. The first-order valence-electron chi connectivity index (χ1n) is 4.37. The van der Waals surface area contributed by atoms with Gasteiger partial charge in [0, 0.05) is 4.88 Å². The molecule has 1 heterocycles. The van der Waals surface area contributed by atoms with E-state index in [0.717, 1.165) is 35.5 Å². The topological polar surface area (TPSA) is 0 Å². The summed E-state index contributed by atoms with van der Waals surface area (Å²) in [5.74, 6) is 0.414. The fourth-order valence-corrected chi connectivity index (χ4v) is 2.54. The van der Waals surface area contributed by atoms with Crippen molar-refractivity contribution >= 4 is 23.1 Å². The Kier molecular flexibility index (Phi) is 2.14. The fraction of sp³-hybridized carbons (Fsp3) is 0.500. The van der Waals surface area contributed by atoms with E-state index in [2.05, 4.69) is 0 Å². The first kappa shape index (κ1) is 9.12. The van der Waals surface area contributed by atoms with Gasteiger partial charge in [-0.2, -0.15) is 11.3 Å². The lowest BCUT2D eigenvalue weighted by Gasteiger charge is -2.24. The first-order valence-corrected chi connectivity index (χ1v) is 5.18. The van der Waals surface area contributed by atoms with Gasteiger partial charge in [0.25, 0.3) is 0 Å². The molecule has 5 heteroatoms. The Balaban J connectivity index is 2.17. The summed E-state index contributed by atoms with van der Waals surface area (Å²) in [5.41, 5.74) is 0. The molecule has 0 nitrogen and oxygen atoms in total. The van der Waals surface area contributed by atoms with Crippen LogP contribution in [0.15, 0.2) is 12.1 Å². The van der Waals surface area contributed by atoms with Gasteiger partial charge < -0.3 is 12.9 Å². The molecular formula is C8H9BF3S-. The number of thiophene rings is 1. The lowest BCUT2D eigenvalue weighted by Crippen LogP contribution is -2.30. The third kappa shape index (κ3) is 1.75. The van der Waals surface area contributed by atoms with Crippen LogP contribution in [0, 0.1) is 0 Å². The van der Waals surface area contributed by atoms with Crippen molar-refractivity contribution in [3.63, 3.8) is 0 Å². The fourth-order valence-electron chi connectivity index (χ4n) is 1.46. The minimum absolute atomic E-state index is 0.401. The summed E-state index contributed by atoms with van der Waals surface area (Å²) in [4.78, 5) is 0.917. The Labute approximate surface area is 78.8 Å². The largest absolute Gasteiger partial charge is 0.519 e. The van der Waals surface area contributed by atoms with E-state index in [9.17, 15) is 12.9 Å². The number of hydrogen-bond acceptors (Lipinski definition) is 1. The number of hydrogen-bond donors (Lipinski definition) is 0. The van der Waals surface area contributed by atoms with E-state index in [1.54, 1.807) is 6.07 Å². The highest BCUT2D eigenvalue weighted by atomic mass is 32.1. The molecule has 1 aromatic rings. The van der Waals surface area contributed by atoms with Crippen LogP contribution in [0.1, 0.15) is 30.1 Å². The minimum atomic E-state index is -4.78. The van der Waals surface area contributed by atoms with E-state index in [-0.39, 0.29) is 0 Å². The van der Waals surface area contributed by atoms with E-state index in [0.29, 0.717) is 5.92 Å². The Morgan fingerprint density at radius 1 is 1.23 bits per heavy atom. The summed E-state index contributed by atoms with van der Waals surface area (Å²) in [7, 11) is 0. The molecule has 0 radical (unpaired) electrons. The molecule has 0 atom stereocenters. The molecule has 1 aliphatic rings. The SMILES string of the molecule is F[B-](F)(F)c1ccc(C2CCC2)s1. The Morgan fingerprint density at radius 2 is 1.92 bits per heavy atom. The second kappa shape index (κ2) is 3.05. The summed E-state index contributed by atoms with van der Waals surface area (Å²) < 4.78 is 36.4. The molecule has 1 aromatic heterocycles. The number of halogens is 3. The first-order chi connectivity index (χ1) is 6.07. The second-order valence-electron chi connectivity index (χ2n) is 3.44. The number of rotatable bonds is 2. The van der Waals surface area contributed by atoms with Crippen molar-refractivity contribution in [1.82, 2.24) is 0 Å². The second-order valence-corrected chi connectivity index (χ2v) is 4.59. The third-order valence-corrected chi connectivity index (χ3v) is 3.82. The van der Waals surface area contributed by atoms with Gasteiger partial charge in [-0.05, 0) is 18.8 Å². The average molecular weight is 205 g/mol. The summed E-state index contributed by atoms with van der Waals surface area (Å²) >= 11 is 0.927. The molecule has 0 saturated heterocycles. The summed E-state index contributed by atoms with van der Waals surface area (Å²) in [6.07, 6.45) is 3.28. The quantitative estimate of drug-likeness (QED) is 0.650. The van der Waals surface area contributed by atoms with Gasteiger partial charge >= 0.3 is 6.98 Å². The van der Waals surface area contributed by atoms with Crippen LogP contribution in [0.25, 0.3) is 0 Å². The predicted octanol–water partition coefficient (Wildman–Crippen LogP) is 3.07. The molecule has 0 aromatic carbocycles. The molecule has 0 spiro atoms. The van der Waals surface area contributed by atoms with Crippen LogP contribution in [-0.4, -0.2) is 6.98 Å². The lowest BCUT2D eigenvalue weighted by molar-refractivity contribution is 0.426. The van der Waals surface area contributed by atoms with Crippen molar-refractivity contribution in [2.75, 3.05) is 0 Å². The van der Waals surface area contributed by atoms with Gasteiger partial charge in [-0.3, -0.25) is 0 Å². The molecule has 0 N–H and O–H groups in total. The van der Waals surface area contributed by atoms with Crippen molar-refractivity contribution in [3.05, 3.63) is 17.0 Å². The third-order valence-electron chi connectivity index (χ3n) is 2.48. The van der Waals surface area contributed by atoms with Crippen LogP contribution in [0.2, 0.25) is 0 Å². The van der Waals surface area contributed by atoms with Gasteiger partial charge in [-0.15, -0.1) is 0 Å². The molecule has 13 heavy (non-hydrogen) atoms. The average Bonchev–Trinajstić information content (AvgIpc) is 2.29. The molecule has 72 valence electrons. The van der Waals surface area contributed by atoms with Crippen LogP contribution in [-0.2, 0) is 0 Å². The van der Waals surface area contributed by atoms with Gasteiger partial charge in [0.1, 0.15) is 0 Å². The van der Waals surface area contributed by atoms with Crippen LogP contribution in [0.5, 0.6) is 0 Å². The van der Waals surface area contributed by atoms with Crippen LogP contribution in [0.4, 0.5) is 12.9 Å². The minimum Gasteiger partial charge on any atom is -0.444 e. The van der Waals surface area contributed by atoms with Gasteiger partial charge in [-0.1, -0.05) is 23.3 Å². The smallest absolute Gasteiger partial charge is 0.444 e. The van der Waals surface area contributed by atoms with Crippen molar-refractivity contribution in [2.24, 2.45) is 0 Å². The van der Waals surface area contributed by atoms with Crippen LogP contribution in [0.3, 0.4) is 0 Å². The van der Waals surface area contributed by atoms with Crippen molar-refractivity contribution in [3.8, 4) is 0 Å². The maximum atomic E-state index is 12.3. The monoisotopic (exact) mass is 205 g/mol. The molecule has 0 aliphatic heterocycles. The molecule has 0 amide bonds. The van der Waals surface area contributed by atoms with Crippen LogP contribution >= 0.6 is 11.3 Å². The molecule has 1 aliphatic carbocycles. The summed E-state index contributed by atoms with van der Waals surface area (Å²) in [6, 6.07) is 2.86. The van der Waals surface area contributed by atoms with E-state index in [1.807, 2.05) is 0 Å². The molecular weight excluding hydrogens is 196 g/mol. The van der Waals surface area contributed by atoms with Crippen molar-refractivity contribution in [2.45, 2.75) is 25.2 Å². The molecule has 2 rings (SSSR count). The highest BCUT2D eigenvalue weighted by Crippen LogP contribution is 2.38. The van der Waals surface area contributed by atoms with Crippen molar-refractivity contribution < 1.29 is 12.9 Å². The molecule has 1 fully saturated rings. The lowest BCUT2D eigenvalue weighted by atomic mass is 9.84. The zero-order valence-corrected chi connectivity index (χ0v) is 7.79. The van der Waals surface area contributed by atoms with E-state index >= 15 is 0 Å². The van der Waals surface area contributed by atoms with Crippen LogP contribution < -0.4 is 4.78 Å². The van der Waals surface area contributed by atoms with E-state index in [1.165, 1.54) is 6.07 Å². The maximum absolute atomic E-state index is 12.3. The zero-order chi connectivity index (χ0) is 9.47. The normalized spacial score (nSPS) is 18.7. The predicted molar refractivity (Wildman–Crippen MR) is 49.6 cm³/mol. The van der Waals surface area contributed by atoms with Gasteiger partial charge in [0.2, 0.25) is 0 Å². The van der Waals surface area contributed by atoms with Gasteiger partial charge in [0.05, 0.1) is 0 Å². The Morgan fingerprint density at radius 3 is 2.31 bits per heavy atom.